The summed E-state index contributed by atoms with van der Waals surface area (Å²) < 4.78 is 2.21. The fourth-order valence-corrected chi connectivity index (χ4v) is 4.54. The highest BCUT2D eigenvalue weighted by atomic mass is 16.2. The van der Waals surface area contributed by atoms with Gasteiger partial charge >= 0.3 is 6.03 Å². The van der Waals surface area contributed by atoms with Crippen molar-refractivity contribution < 1.29 is 9.59 Å². The molecule has 0 spiro atoms. The first-order valence-electron chi connectivity index (χ1n) is 11.5. The van der Waals surface area contributed by atoms with Gasteiger partial charge in [0, 0.05) is 30.4 Å². The zero-order valence-corrected chi connectivity index (χ0v) is 18.6. The van der Waals surface area contributed by atoms with Gasteiger partial charge in [0.25, 0.3) is 5.91 Å². The van der Waals surface area contributed by atoms with Crippen LogP contribution < -0.4 is 10.6 Å². The molecule has 1 atom stereocenters. The highest BCUT2D eigenvalue weighted by Gasteiger charge is 2.34. The molecule has 2 N–H and O–H groups in total. The van der Waals surface area contributed by atoms with E-state index < -0.39 is 0 Å². The van der Waals surface area contributed by atoms with Crippen LogP contribution in [0.2, 0.25) is 0 Å². The Balaban J connectivity index is 1.38. The van der Waals surface area contributed by atoms with E-state index in [1.54, 1.807) is 6.07 Å². The van der Waals surface area contributed by atoms with Gasteiger partial charge in [-0.05, 0) is 69.4 Å². The van der Waals surface area contributed by atoms with Crippen molar-refractivity contribution in [3.8, 4) is 0 Å². The monoisotopic (exact) mass is 431 g/mol. The van der Waals surface area contributed by atoms with E-state index in [1.165, 1.54) is 0 Å². The maximum absolute atomic E-state index is 13.3. The Morgan fingerprint density at radius 1 is 1.12 bits per heavy atom. The first kappa shape index (κ1) is 20.5. The highest BCUT2D eigenvalue weighted by molar-refractivity contribution is 5.97. The van der Waals surface area contributed by atoms with Gasteiger partial charge in [-0.25, -0.2) is 9.78 Å². The number of rotatable bonds is 5. The van der Waals surface area contributed by atoms with Gasteiger partial charge in [-0.3, -0.25) is 4.79 Å². The molecule has 5 rings (SSSR count). The molecule has 1 aliphatic carbocycles. The Bertz CT molecular complexity index is 1180. The number of para-hydroxylation sites is 2. The minimum Gasteiger partial charge on any atom is -0.349 e. The Morgan fingerprint density at radius 2 is 1.94 bits per heavy atom. The maximum atomic E-state index is 13.3. The van der Waals surface area contributed by atoms with Crippen molar-refractivity contribution in [1.29, 1.82) is 0 Å². The number of urea groups is 1. The number of aryl methyl sites for hydroxylation is 2. The number of nitrogens with zero attached hydrogens (tertiary/aromatic N) is 3. The van der Waals surface area contributed by atoms with E-state index in [9.17, 15) is 9.59 Å². The number of benzene rings is 2. The summed E-state index contributed by atoms with van der Waals surface area (Å²) in [7, 11) is 0. The molecule has 1 unspecified atom stereocenters. The van der Waals surface area contributed by atoms with Crippen LogP contribution in [0.5, 0.6) is 0 Å². The summed E-state index contributed by atoms with van der Waals surface area (Å²) in [6, 6.07) is 13.7. The number of likely N-dealkylation sites (tertiary alicyclic amines) is 1. The molecule has 1 aromatic heterocycles. The normalized spacial score (nSPS) is 18.2. The van der Waals surface area contributed by atoms with Crippen LogP contribution in [0.3, 0.4) is 0 Å². The molecule has 0 radical (unpaired) electrons. The Hall–Kier alpha value is -3.35. The third kappa shape index (κ3) is 3.83. The number of amides is 3. The van der Waals surface area contributed by atoms with Gasteiger partial charge in [-0.15, -0.1) is 0 Å². The highest BCUT2D eigenvalue weighted by Crippen LogP contribution is 2.34. The van der Waals surface area contributed by atoms with E-state index >= 15 is 0 Å². The molecular weight excluding hydrogens is 402 g/mol. The number of hydrogen-bond donors (Lipinski definition) is 2. The molecule has 7 heteroatoms. The molecule has 7 nitrogen and oxygen atoms in total. The minimum absolute atomic E-state index is 0.0657. The van der Waals surface area contributed by atoms with Crippen LogP contribution in [0.4, 0.5) is 10.5 Å². The molecule has 0 bridgehead atoms. The Labute approximate surface area is 187 Å². The number of carbonyl (C=O) groups excluding carboxylic acids is 2. The smallest absolute Gasteiger partial charge is 0.322 e. The third-order valence-electron chi connectivity index (χ3n) is 6.47. The van der Waals surface area contributed by atoms with Crippen LogP contribution in [0.1, 0.15) is 60.4 Å². The molecular formula is C25H29N5O2. The first-order chi connectivity index (χ1) is 15.5. The van der Waals surface area contributed by atoms with Crippen LogP contribution in [0.25, 0.3) is 11.0 Å². The lowest BCUT2D eigenvalue weighted by Gasteiger charge is -2.25. The number of anilines is 1. The quantitative estimate of drug-likeness (QED) is 0.618. The van der Waals surface area contributed by atoms with Gasteiger partial charge in [0.15, 0.2) is 0 Å². The lowest BCUT2D eigenvalue weighted by molar-refractivity contribution is 0.0951. The number of fused-ring (bicyclic) bond motifs is 1. The van der Waals surface area contributed by atoms with Crippen molar-refractivity contribution in [2.45, 2.75) is 58.2 Å². The Kier molecular flexibility index (Phi) is 5.33. The zero-order chi connectivity index (χ0) is 22.2. The average molecular weight is 432 g/mol. The van der Waals surface area contributed by atoms with Crippen molar-refractivity contribution in [1.82, 2.24) is 19.8 Å². The van der Waals surface area contributed by atoms with Gasteiger partial charge in [0.1, 0.15) is 5.82 Å². The fourth-order valence-electron chi connectivity index (χ4n) is 4.54. The summed E-state index contributed by atoms with van der Waals surface area (Å²) in [5.74, 6) is 0.856. The van der Waals surface area contributed by atoms with Crippen LogP contribution in [0, 0.1) is 6.92 Å². The molecule has 1 saturated carbocycles. The van der Waals surface area contributed by atoms with Crippen LogP contribution in [0.15, 0.2) is 42.5 Å². The maximum Gasteiger partial charge on any atom is 0.322 e. The predicted octanol–water partition coefficient (Wildman–Crippen LogP) is 4.63. The molecule has 2 heterocycles. The summed E-state index contributed by atoms with van der Waals surface area (Å²) >= 11 is 0. The van der Waals surface area contributed by atoms with Gasteiger partial charge in [0.2, 0.25) is 0 Å². The summed E-state index contributed by atoms with van der Waals surface area (Å²) in [5, 5.41) is 6.06. The van der Waals surface area contributed by atoms with E-state index in [4.69, 9.17) is 4.98 Å². The van der Waals surface area contributed by atoms with Crippen molar-refractivity contribution in [3.05, 3.63) is 59.4 Å². The number of aromatic nitrogens is 2. The van der Waals surface area contributed by atoms with E-state index in [-0.39, 0.29) is 18.0 Å². The molecule has 3 aromatic rings. The van der Waals surface area contributed by atoms with Crippen molar-refractivity contribution >= 4 is 28.7 Å². The number of nitrogens with one attached hydrogen (secondary N) is 2. The third-order valence-corrected chi connectivity index (χ3v) is 6.47. The standard InChI is InChI=1S/C25H29N5O2/c1-3-29-21-8-5-4-7-19(21)27-23(29)22-9-6-14-30(22)25(32)28-20-15-17(11-10-16(20)2)24(31)26-18-12-13-18/h4-5,7-8,10-11,15,18,22H,3,6,9,12-14H2,1-2H3,(H,26,31)(H,28,32). The SMILES string of the molecule is CCn1c(C2CCCN2C(=O)Nc2cc(C(=O)NC3CC3)ccc2C)nc2ccccc21. The second kappa shape index (κ2) is 8.30. The van der Waals surface area contributed by atoms with E-state index in [0.29, 0.717) is 23.8 Å². The van der Waals surface area contributed by atoms with E-state index in [2.05, 4.69) is 28.2 Å². The van der Waals surface area contributed by atoms with E-state index in [1.807, 2.05) is 42.2 Å². The van der Waals surface area contributed by atoms with Gasteiger partial charge in [-0.1, -0.05) is 18.2 Å². The molecule has 2 fully saturated rings. The molecule has 2 aliphatic rings. The molecule has 1 aliphatic heterocycles. The largest absolute Gasteiger partial charge is 0.349 e. The molecule has 1 saturated heterocycles. The Morgan fingerprint density at radius 3 is 2.72 bits per heavy atom. The zero-order valence-electron chi connectivity index (χ0n) is 18.6. The number of hydrogen-bond acceptors (Lipinski definition) is 3. The predicted molar refractivity (Wildman–Crippen MR) is 125 cm³/mol. The van der Waals surface area contributed by atoms with Crippen molar-refractivity contribution in [3.63, 3.8) is 0 Å². The van der Waals surface area contributed by atoms with Crippen LogP contribution in [-0.4, -0.2) is 39.0 Å². The van der Waals surface area contributed by atoms with Gasteiger partial charge in [0.05, 0.1) is 17.1 Å². The fraction of sp³-hybridized carbons (Fsp3) is 0.400. The topological polar surface area (TPSA) is 79.3 Å². The summed E-state index contributed by atoms with van der Waals surface area (Å²) in [6.07, 6.45) is 3.91. The molecule has 166 valence electrons. The lowest BCUT2D eigenvalue weighted by Crippen LogP contribution is -2.35. The second-order valence-electron chi connectivity index (χ2n) is 8.76. The van der Waals surface area contributed by atoms with Crippen molar-refractivity contribution in [2.24, 2.45) is 0 Å². The van der Waals surface area contributed by atoms with E-state index in [0.717, 1.165) is 54.6 Å². The number of imidazole rings is 1. The first-order valence-corrected chi connectivity index (χ1v) is 11.5. The summed E-state index contributed by atoms with van der Waals surface area (Å²) in [4.78, 5) is 32.5. The summed E-state index contributed by atoms with van der Waals surface area (Å²) in [5.41, 5.74) is 4.24. The lowest BCUT2D eigenvalue weighted by atomic mass is 10.1. The molecule has 32 heavy (non-hydrogen) atoms. The molecule has 2 aromatic carbocycles. The summed E-state index contributed by atoms with van der Waals surface area (Å²) in [6.45, 7) is 5.54. The van der Waals surface area contributed by atoms with Gasteiger partial charge in [-0.2, -0.15) is 0 Å². The minimum atomic E-state index is -0.148. The average Bonchev–Trinajstić information content (AvgIpc) is 3.34. The van der Waals surface area contributed by atoms with Gasteiger partial charge < -0.3 is 20.1 Å². The molecule has 3 amide bonds. The van der Waals surface area contributed by atoms with Crippen LogP contribution >= 0.6 is 0 Å². The second-order valence-corrected chi connectivity index (χ2v) is 8.76. The number of carbonyl (C=O) groups is 2. The van der Waals surface area contributed by atoms with Crippen molar-refractivity contribution in [2.75, 3.05) is 11.9 Å². The van der Waals surface area contributed by atoms with Crippen LogP contribution in [-0.2, 0) is 6.54 Å².